The Kier molecular flexibility index (Phi) is 8.40. The predicted octanol–water partition coefficient (Wildman–Crippen LogP) is 17.2. The molecule has 0 N–H and O–H groups in total. The summed E-state index contributed by atoms with van der Waals surface area (Å²) in [5, 5.41) is 4.82. The van der Waals surface area contributed by atoms with Crippen LogP contribution in [0.15, 0.2) is 225 Å². The highest BCUT2D eigenvalue weighted by Crippen LogP contribution is 2.64. The quantitative estimate of drug-likeness (QED) is 0.165. The van der Waals surface area contributed by atoms with Gasteiger partial charge in [-0.25, -0.2) is 0 Å². The van der Waals surface area contributed by atoms with E-state index in [1.165, 1.54) is 69.9 Å². The van der Waals surface area contributed by atoms with Gasteiger partial charge in [-0.3, -0.25) is 0 Å². The number of aryl methyl sites for hydroxylation is 1. The van der Waals surface area contributed by atoms with Crippen molar-refractivity contribution in [2.24, 2.45) is 0 Å². The lowest BCUT2D eigenvalue weighted by Gasteiger charge is -2.39. The fraction of sp³-hybridized carbons (Fsp3) is 0.0323. The first-order valence-corrected chi connectivity index (χ1v) is 23.1. The van der Waals surface area contributed by atoms with E-state index in [0.29, 0.717) is 0 Å². The van der Waals surface area contributed by atoms with Crippen molar-refractivity contribution in [2.75, 3.05) is 4.90 Å². The molecule has 2 nitrogen and oxygen atoms in total. The van der Waals surface area contributed by atoms with Gasteiger partial charge in [0.1, 0.15) is 11.5 Å². The largest absolute Gasteiger partial charge is 0.457 e. The number of fused-ring (bicyclic) bond motifs is 13. The van der Waals surface area contributed by atoms with Crippen LogP contribution in [0.4, 0.5) is 17.1 Å². The van der Waals surface area contributed by atoms with E-state index in [1.807, 2.05) is 11.3 Å². The van der Waals surface area contributed by atoms with Gasteiger partial charge >= 0.3 is 0 Å². The summed E-state index contributed by atoms with van der Waals surface area (Å²) in [6, 6.07) is 79.8. The monoisotopic (exact) mass is 847 g/mol. The van der Waals surface area contributed by atoms with E-state index in [9.17, 15) is 0 Å². The lowest BCUT2D eigenvalue weighted by molar-refractivity contribution is 0.436. The van der Waals surface area contributed by atoms with Crippen LogP contribution in [0.3, 0.4) is 0 Å². The molecule has 65 heavy (non-hydrogen) atoms. The number of nitrogens with zero attached hydrogens (tertiary/aromatic N) is 1. The van der Waals surface area contributed by atoms with Gasteiger partial charge in [0.15, 0.2) is 0 Å². The molecular formula is C62H41NOS. The van der Waals surface area contributed by atoms with Gasteiger partial charge in [0.2, 0.25) is 0 Å². The van der Waals surface area contributed by atoms with Gasteiger partial charge in [-0.15, -0.1) is 11.3 Å². The highest BCUT2D eigenvalue weighted by molar-refractivity contribution is 7.26. The second-order valence-corrected chi connectivity index (χ2v) is 18.3. The summed E-state index contributed by atoms with van der Waals surface area (Å²) >= 11 is 1.85. The zero-order valence-electron chi connectivity index (χ0n) is 35.8. The number of hydrogen-bond donors (Lipinski definition) is 0. The van der Waals surface area contributed by atoms with Crippen LogP contribution in [0.5, 0.6) is 11.5 Å². The molecule has 1 aromatic heterocycles. The zero-order valence-corrected chi connectivity index (χ0v) is 36.6. The summed E-state index contributed by atoms with van der Waals surface area (Å²) in [6.45, 7) is 7.24. The average molecular weight is 848 g/mol. The first kappa shape index (κ1) is 37.6. The minimum Gasteiger partial charge on any atom is -0.457 e. The van der Waals surface area contributed by atoms with Crippen LogP contribution in [-0.4, -0.2) is 0 Å². The Morgan fingerprint density at radius 1 is 0.462 bits per heavy atom. The summed E-state index contributed by atoms with van der Waals surface area (Å²) in [5.41, 5.74) is 16.6. The van der Waals surface area contributed by atoms with Gasteiger partial charge < -0.3 is 9.64 Å². The van der Waals surface area contributed by atoms with E-state index in [-0.39, 0.29) is 0 Å². The van der Waals surface area contributed by atoms with Crippen LogP contribution < -0.4 is 9.64 Å². The smallest absolute Gasteiger partial charge is 0.132 e. The Labute approximate surface area is 382 Å². The zero-order chi connectivity index (χ0) is 43.2. The minimum atomic E-state index is -0.627. The van der Waals surface area contributed by atoms with Gasteiger partial charge in [-0.05, 0) is 105 Å². The van der Waals surface area contributed by atoms with E-state index in [0.717, 1.165) is 56.4 Å². The molecule has 13 rings (SSSR count). The highest BCUT2D eigenvalue weighted by Gasteiger charge is 2.52. The maximum atomic E-state index is 6.75. The normalized spacial score (nSPS) is 13.0. The van der Waals surface area contributed by atoms with Gasteiger partial charge in [-0.1, -0.05) is 183 Å². The SMILES string of the molecule is C=C(c1ccccc1)c1c(N(c2cccc3c2-c2ccccc2C32c3ccccc3Oc3ccccc32)c2cccc3sc4ccccc4c23)ccc2cccc(-c3ccccc3C)c12. The van der Waals surface area contributed by atoms with Crippen molar-refractivity contribution in [3.63, 3.8) is 0 Å². The number of rotatable bonds is 6. The van der Waals surface area contributed by atoms with Crippen LogP contribution in [0.1, 0.15) is 38.9 Å². The molecular weight excluding hydrogens is 807 g/mol. The van der Waals surface area contributed by atoms with Crippen molar-refractivity contribution in [2.45, 2.75) is 12.3 Å². The fourth-order valence-corrected chi connectivity index (χ4v) is 12.3. The minimum absolute atomic E-state index is 0.627. The number of anilines is 3. The Morgan fingerprint density at radius 2 is 1.06 bits per heavy atom. The molecule has 306 valence electrons. The van der Waals surface area contributed by atoms with Crippen molar-refractivity contribution >= 4 is 64.9 Å². The number of hydrogen-bond acceptors (Lipinski definition) is 3. The molecule has 3 heteroatoms. The Morgan fingerprint density at radius 3 is 1.86 bits per heavy atom. The molecule has 1 spiro atoms. The van der Waals surface area contributed by atoms with Crippen molar-refractivity contribution in [1.29, 1.82) is 0 Å². The molecule has 0 atom stereocenters. The topological polar surface area (TPSA) is 12.5 Å². The Bertz CT molecular complexity index is 3700. The lowest BCUT2D eigenvalue weighted by Crippen LogP contribution is -2.32. The number of ether oxygens (including phenoxy) is 1. The van der Waals surface area contributed by atoms with Gasteiger partial charge in [0.25, 0.3) is 0 Å². The van der Waals surface area contributed by atoms with Crippen LogP contribution in [0, 0.1) is 6.92 Å². The standard InChI is InChI=1S/C62H41NOS/c1-39-19-6-7-23-43(39)44-26-16-22-42-37-38-53(58(59(42)44)40(2)41-20-4-3-5-21-41)63(52-32-18-36-57-61(52)46-25-9-15-35-56(46)65-57)51-31-17-30-50-60(51)45-24-8-10-27-47(45)62(50)48-28-11-13-33-54(48)64-55-34-14-12-29-49(55)62/h3-38H,2H2,1H3. The predicted molar refractivity (Wildman–Crippen MR) is 274 cm³/mol. The highest BCUT2D eigenvalue weighted by atomic mass is 32.1. The Hall–Kier alpha value is -7.98. The van der Waals surface area contributed by atoms with Gasteiger partial charge in [-0.2, -0.15) is 0 Å². The molecule has 10 aromatic carbocycles. The number of thiophene rings is 1. The molecule has 0 fully saturated rings. The molecule has 0 radical (unpaired) electrons. The van der Waals surface area contributed by atoms with Crippen LogP contribution >= 0.6 is 11.3 Å². The molecule has 0 saturated heterocycles. The van der Waals surface area contributed by atoms with E-state index in [4.69, 9.17) is 11.3 Å². The molecule has 0 amide bonds. The number of para-hydroxylation sites is 2. The fourth-order valence-electron chi connectivity index (χ4n) is 11.1. The molecule has 1 aliphatic carbocycles. The maximum Gasteiger partial charge on any atom is 0.132 e. The van der Waals surface area contributed by atoms with E-state index in [1.54, 1.807) is 0 Å². The molecule has 0 unspecified atom stereocenters. The summed E-state index contributed by atoms with van der Waals surface area (Å²) in [6.07, 6.45) is 0. The summed E-state index contributed by atoms with van der Waals surface area (Å²) in [4.78, 5) is 2.57. The average Bonchev–Trinajstić information content (AvgIpc) is 3.89. The van der Waals surface area contributed by atoms with Crippen molar-refractivity contribution in [3.8, 4) is 33.8 Å². The van der Waals surface area contributed by atoms with Crippen molar-refractivity contribution < 1.29 is 4.74 Å². The second kappa shape index (κ2) is 14.5. The van der Waals surface area contributed by atoms with Gasteiger partial charge in [0.05, 0.1) is 22.5 Å². The first-order chi connectivity index (χ1) is 32.1. The second-order valence-electron chi connectivity index (χ2n) is 17.2. The summed E-state index contributed by atoms with van der Waals surface area (Å²) < 4.78 is 9.26. The third-order valence-corrected chi connectivity index (χ3v) is 15.0. The van der Waals surface area contributed by atoms with Crippen molar-refractivity contribution in [3.05, 3.63) is 264 Å². The van der Waals surface area contributed by atoms with Crippen LogP contribution in [-0.2, 0) is 5.41 Å². The van der Waals surface area contributed by atoms with E-state index in [2.05, 4.69) is 230 Å². The first-order valence-electron chi connectivity index (χ1n) is 22.3. The summed E-state index contributed by atoms with van der Waals surface area (Å²) in [7, 11) is 0. The third kappa shape index (κ3) is 5.40. The molecule has 0 bridgehead atoms. The van der Waals surface area contributed by atoms with E-state index >= 15 is 0 Å². The Balaban J connectivity index is 1.21. The molecule has 2 aliphatic rings. The van der Waals surface area contributed by atoms with Gasteiger partial charge in [0, 0.05) is 42.4 Å². The molecule has 1 aliphatic heterocycles. The summed E-state index contributed by atoms with van der Waals surface area (Å²) in [5.74, 6) is 1.76. The molecule has 2 heterocycles. The third-order valence-electron chi connectivity index (χ3n) is 13.8. The lowest BCUT2D eigenvalue weighted by atomic mass is 9.66. The molecule has 11 aromatic rings. The number of benzene rings is 10. The van der Waals surface area contributed by atoms with Crippen LogP contribution in [0.25, 0.3) is 58.8 Å². The van der Waals surface area contributed by atoms with E-state index < -0.39 is 5.41 Å². The van der Waals surface area contributed by atoms with Crippen LogP contribution in [0.2, 0.25) is 0 Å². The molecule has 0 saturated carbocycles. The maximum absolute atomic E-state index is 6.75. The van der Waals surface area contributed by atoms with Crippen molar-refractivity contribution in [1.82, 2.24) is 0 Å².